The number of hydrogen-bond acceptors (Lipinski definition) is 4. The maximum atomic E-state index is 9.07. The molecule has 1 rings (SSSR count). The number of aliphatic hydroxyl groups is 1. The standard InChI is InChI=1S/C7H8O.CH2OS2.2K/c8-6-7-4-2-1-3-5-7;2-1(3)4;;/h1-5,8H,6H2;(H2,2,3,4);;/q;;2*+1/p-2. The van der Waals surface area contributed by atoms with Crippen LogP contribution in [0.15, 0.2) is 30.3 Å². The summed E-state index contributed by atoms with van der Waals surface area (Å²) in [7, 11) is 0. The molecule has 0 saturated heterocycles. The van der Waals surface area contributed by atoms with Crippen molar-refractivity contribution < 1.29 is 113 Å². The van der Waals surface area contributed by atoms with Gasteiger partial charge >= 0.3 is 103 Å². The summed E-state index contributed by atoms with van der Waals surface area (Å²) in [6, 6.07) is 9.52. The Morgan fingerprint density at radius 3 is 1.71 bits per heavy atom. The fraction of sp³-hybridized carbons (Fsp3) is 0.125. The van der Waals surface area contributed by atoms with Gasteiger partial charge in [0.25, 0.3) is 0 Å². The predicted molar refractivity (Wildman–Crippen MR) is 52.5 cm³/mol. The second kappa shape index (κ2) is 15.6. The van der Waals surface area contributed by atoms with Crippen LogP contribution in [-0.4, -0.2) is 9.55 Å². The third kappa shape index (κ3) is 17.0. The molecular formula is C8H8K2O2S2. The zero-order valence-corrected chi connectivity index (χ0v) is 16.1. The molecule has 1 aromatic carbocycles. The number of benzene rings is 1. The van der Waals surface area contributed by atoms with Crippen molar-refractivity contribution in [1.29, 1.82) is 0 Å². The maximum Gasteiger partial charge on any atom is 1.00 e. The van der Waals surface area contributed by atoms with Crippen molar-refractivity contribution in [1.82, 2.24) is 0 Å². The molecule has 0 unspecified atom stereocenters. The Hall–Kier alpha value is 2.56. The molecule has 1 N–H and O–H groups in total. The summed E-state index contributed by atoms with van der Waals surface area (Å²) in [5.74, 6) is 0. The average molecular weight is 278 g/mol. The minimum absolute atomic E-state index is 0. The first-order valence-corrected chi connectivity index (χ1v) is 4.01. The van der Waals surface area contributed by atoms with Crippen LogP contribution in [0.1, 0.15) is 5.56 Å². The second-order valence-corrected chi connectivity index (χ2v) is 2.89. The van der Waals surface area contributed by atoms with E-state index in [1.54, 1.807) is 0 Å². The molecule has 0 amide bonds. The first-order chi connectivity index (χ1) is 5.66. The fourth-order valence-electron chi connectivity index (χ4n) is 0.583. The smallest absolute Gasteiger partial charge is 0.767 e. The van der Waals surface area contributed by atoms with Gasteiger partial charge in [-0.3, -0.25) is 0 Å². The average Bonchev–Trinajstić information content (AvgIpc) is 2.05. The molecule has 0 heterocycles. The molecule has 0 spiro atoms. The molecule has 0 radical (unpaired) electrons. The zero-order chi connectivity index (χ0) is 9.40. The number of rotatable bonds is 1. The van der Waals surface area contributed by atoms with E-state index in [2.05, 4.69) is 25.3 Å². The molecule has 0 bridgehead atoms. The molecule has 0 aromatic heterocycles. The molecule has 0 atom stereocenters. The summed E-state index contributed by atoms with van der Waals surface area (Å²) in [4.78, 5) is 9.07. The van der Waals surface area contributed by atoms with Gasteiger partial charge in [-0.05, 0) is 5.56 Å². The van der Waals surface area contributed by atoms with E-state index in [1.165, 1.54) is 0 Å². The van der Waals surface area contributed by atoms with E-state index < -0.39 is 4.45 Å². The normalized spacial score (nSPS) is 6.93. The van der Waals surface area contributed by atoms with Crippen LogP contribution in [0.25, 0.3) is 0 Å². The van der Waals surface area contributed by atoms with Crippen LogP contribution in [-0.2, 0) is 31.9 Å². The van der Waals surface area contributed by atoms with E-state index in [0.717, 1.165) is 5.56 Å². The molecule has 0 aliphatic heterocycles. The fourth-order valence-corrected chi connectivity index (χ4v) is 0.583. The van der Waals surface area contributed by atoms with E-state index in [0.29, 0.717) is 0 Å². The molecule has 66 valence electrons. The van der Waals surface area contributed by atoms with E-state index in [1.807, 2.05) is 30.3 Å². The second-order valence-electron chi connectivity index (χ2n) is 1.89. The molecule has 0 saturated carbocycles. The van der Waals surface area contributed by atoms with Crippen molar-refractivity contribution in [3.8, 4) is 0 Å². The molecular weight excluding hydrogens is 270 g/mol. The summed E-state index contributed by atoms with van der Waals surface area (Å²) >= 11 is 7.59. The first kappa shape index (κ1) is 21.8. The van der Waals surface area contributed by atoms with Gasteiger partial charge in [0.15, 0.2) is 0 Å². The Kier molecular flexibility index (Phi) is 24.2. The zero-order valence-electron chi connectivity index (χ0n) is 8.27. The minimum Gasteiger partial charge on any atom is -0.767 e. The van der Waals surface area contributed by atoms with Crippen LogP contribution in [0.4, 0.5) is 4.79 Å². The summed E-state index contributed by atoms with van der Waals surface area (Å²) in [5.41, 5.74) is 0.965. The van der Waals surface area contributed by atoms with E-state index in [-0.39, 0.29) is 109 Å². The third-order valence-electron chi connectivity index (χ3n) is 1.03. The van der Waals surface area contributed by atoms with Crippen molar-refractivity contribution in [3.63, 3.8) is 0 Å². The van der Waals surface area contributed by atoms with Crippen LogP contribution in [0.5, 0.6) is 0 Å². The van der Waals surface area contributed by atoms with Crippen LogP contribution in [0.2, 0.25) is 0 Å². The minimum atomic E-state index is -0.667. The van der Waals surface area contributed by atoms with Crippen molar-refractivity contribution in [2.45, 2.75) is 6.61 Å². The van der Waals surface area contributed by atoms with Crippen LogP contribution in [0, 0.1) is 0 Å². The van der Waals surface area contributed by atoms with Crippen molar-refractivity contribution in [2.75, 3.05) is 0 Å². The number of aliphatic hydroxyl groups excluding tert-OH is 1. The number of carbonyl (C=O) groups is 1. The SMILES string of the molecule is O=C([S-])[S-].OCc1ccccc1.[K+].[K+]. The summed E-state index contributed by atoms with van der Waals surface area (Å²) < 4.78 is -0.667. The topological polar surface area (TPSA) is 37.3 Å². The molecule has 2 nitrogen and oxygen atoms in total. The van der Waals surface area contributed by atoms with Crippen molar-refractivity contribution in [3.05, 3.63) is 35.9 Å². The Morgan fingerprint density at radius 2 is 1.50 bits per heavy atom. The Labute approximate surface area is 180 Å². The van der Waals surface area contributed by atoms with Crippen molar-refractivity contribution >= 4 is 29.7 Å². The molecule has 14 heavy (non-hydrogen) atoms. The third-order valence-corrected chi connectivity index (χ3v) is 1.03. The van der Waals surface area contributed by atoms with Gasteiger partial charge in [0.2, 0.25) is 0 Å². The summed E-state index contributed by atoms with van der Waals surface area (Å²) in [6.07, 6.45) is 0. The maximum absolute atomic E-state index is 9.07. The Morgan fingerprint density at radius 1 is 1.14 bits per heavy atom. The van der Waals surface area contributed by atoms with E-state index in [4.69, 9.17) is 9.90 Å². The predicted octanol–water partition coefficient (Wildman–Crippen LogP) is -4.61. The van der Waals surface area contributed by atoms with E-state index in [9.17, 15) is 0 Å². The summed E-state index contributed by atoms with van der Waals surface area (Å²) in [5, 5.41) is 8.54. The van der Waals surface area contributed by atoms with Gasteiger partial charge in [0.1, 0.15) is 0 Å². The van der Waals surface area contributed by atoms with E-state index >= 15 is 0 Å². The Bertz CT molecular complexity index is 228. The van der Waals surface area contributed by atoms with Crippen molar-refractivity contribution in [2.24, 2.45) is 0 Å². The van der Waals surface area contributed by atoms with Crippen LogP contribution < -0.4 is 103 Å². The van der Waals surface area contributed by atoms with Gasteiger partial charge in [0.05, 0.1) is 6.61 Å². The molecule has 1 aromatic rings. The van der Waals surface area contributed by atoms with Crippen LogP contribution in [0.3, 0.4) is 0 Å². The number of carbonyl (C=O) groups excluding carboxylic acids is 1. The van der Waals surface area contributed by atoms with Gasteiger partial charge < -0.3 is 35.2 Å². The summed E-state index contributed by atoms with van der Waals surface area (Å²) in [6.45, 7) is 0.140. The molecule has 0 aliphatic carbocycles. The van der Waals surface area contributed by atoms with Gasteiger partial charge in [-0.25, -0.2) is 0 Å². The number of hydrogen-bond donors (Lipinski definition) is 1. The molecule has 0 fully saturated rings. The molecule has 6 heteroatoms. The first-order valence-electron chi connectivity index (χ1n) is 3.19. The quantitative estimate of drug-likeness (QED) is 0.414. The van der Waals surface area contributed by atoms with Gasteiger partial charge in [-0.2, -0.15) is 0 Å². The Balaban J connectivity index is -0.000000180. The van der Waals surface area contributed by atoms with Gasteiger partial charge in [0, 0.05) is 0 Å². The van der Waals surface area contributed by atoms with Crippen LogP contribution >= 0.6 is 0 Å². The largest absolute Gasteiger partial charge is 1.00 e. The molecule has 0 aliphatic rings. The van der Waals surface area contributed by atoms with Gasteiger partial charge in [-0.1, -0.05) is 30.3 Å². The monoisotopic (exact) mass is 278 g/mol. The van der Waals surface area contributed by atoms with Gasteiger partial charge in [-0.15, -0.1) is 4.45 Å².